The standard InChI is InChI=1S/C19H15N3O/c20-19-17(14-8-3-1-4-9-14)18(16-12-7-13-23-16)21-22(19)15-10-5-2-6-11-15/h1-13H,20H2. The molecule has 0 atom stereocenters. The Labute approximate surface area is 133 Å². The van der Waals surface area contributed by atoms with Crippen molar-refractivity contribution < 1.29 is 4.42 Å². The van der Waals surface area contributed by atoms with E-state index in [1.165, 1.54) is 0 Å². The highest BCUT2D eigenvalue weighted by Crippen LogP contribution is 2.37. The molecule has 112 valence electrons. The number of aromatic nitrogens is 2. The van der Waals surface area contributed by atoms with Crippen molar-refractivity contribution >= 4 is 5.82 Å². The summed E-state index contributed by atoms with van der Waals surface area (Å²) < 4.78 is 7.30. The minimum Gasteiger partial charge on any atom is -0.463 e. The molecule has 2 aromatic carbocycles. The van der Waals surface area contributed by atoms with E-state index in [4.69, 9.17) is 15.2 Å². The van der Waals surface area contributed by atoms with Crippen molar-refractivity contribution in [3.63, 3.8) is 0 Å². The van der Waals surface area contributed by atoms with E-state index in [0.717, 1.165) is 22.5 Å². The highest BCUT2D eigenvalue weighted by molar-refractivity contribution is 5.87. The van der Waals surface area contributed by atoms with Gasteiger partial charge < -0.3 is 10.2 Å². The van der Waals surface area contributed by atoms with Crippen molar-refractivity contribution in [3.05, 3.63) is 79.1 Å². The Balaban J connectivity index is 1.98. The third-order valence-corrected chi connectivity index (χ3v) is 3.74. The van der Waals surface area contributed by atoms with E-state index >= 15 is 0 Å². The predicted molar refractivity (Wildman–Crippen MR) is 91.1 cm³/mol. The van der Waals surface area contributed by atoms with Gasteiger partial charge in [0.2, 0.25) is 0 Å². The zero-order valence-electron chi connectivity index (χ0n) is 12.4. The third kappa shape index (κ3) is 2.30. The fraction of sp³-hybridized carbons (Fsp3) is 0. The average molecular weight is 301 g/mol. The zero-order valence-corrected chi connectivity index (χ0v) is 12.4. The number of benzene rings is 2. The normalized spacial score (nSPS) is 10.8. The van der Waals surface area contributed by atoms with Crippen LogP contribution in [0.3, 0.4) is 0 Å². The Bertz CT molecular complexity index is 910. The molecule has 0 radical (unpaired) electrons. The van der Waals surface area contributed by atoms with Gasteiger partial charge >= 0.3 is 0 Å². The van der Waals surface area contributed by atoms with Gasteiger partial charge in [0.1, 0.15) is 11.5 Å². The number of furan rings is 1. The maximum Gasteiger partial charge on any atom is 0.154 e. The van der Waals surface area contributed by atoms with E-state index in [2.05, 4.69) is 0 Å². The highest BCUT2D eigenvalue weighted by Gasteiger charge is 2.21. The molecule has 0 bridgehead atoms. The summed E-state index contributed by atoms with van der Waals surface area (Å²) in [6.45, 7) is 0. The number of nitrogen functional groups attached to an aromatic ring is 1. The number of para-hydroxylation sites is 1. The molecule has 4 nitrogen and oxygen atoms in total. The average Bonchev–Trinajstić information content (AvgIpc) is 3.24. The summed E-state index contributed by atoms with van der Waals surface area (Å²) >= 11 is 0. The first-order valence-corrected chi connectivity index (χ1v) is 7.38. The molecule has 4 rings (SSSR count). The van der Waals surface area contributed by atoms with Crippen molar-refractivity contribution in [3.8, 4) is 28.3 Å². The van der Waals surface area contributed by atoms with Crippen molar-refractivity contribution in [2.75, 3.05) is 5.73 Å². The zero-order chi connectivity index (χ0) is 15.6. The number of nitrogens with two attached hydrogens (primary N) is 1. The molecule has 23 heavy (non-hydrogen) atoms. The Hall–Kier alpha value is -3.27. The minimum atomic E-state index is 0.591. The smallest absolute Gasteiger partial charge is 0.154 e. The van der Waals surface area contributed by atoms with Gasteiger partial charge in [-0.1, -0.05) is 48.5 Å². The van der Waals surface area contributed by atoms with E-state index in [1.54, 1.807) is 10.9 Å². The molecule has 0 spiro atoms. The van der Waals surface area contributed by atoms with Gasteiger partial charge in [-0.3, -0.25) is 0 Å². The van der Waals surface area contributed by atoms with E-state index in [1.807, 2.05) is 72.8 Å². The molecule has 0 aliphatic rings. The van der Waals surface area contributed by atoms with Gasteiger partial charge in [0.05, 0.1) is 17.5 Å². The maximum absolute atomic E-state index is 6.43. The second-order valence-electron chi connectivity index (χ2n) is 5.20. The summed E-state index contributed by atoms with van der Waals surface area (Å²) in [7, 11) is 0. The fourth-order valence-electron chi connectivity index (χ4n) is 2.67. The van der Waals surface area contributed by atoms with E-state index in [9.17, 15) is 0 Å². The van der Waals surface area contributed by atoms with Crippen LogP contribution in [0, 0.1) is 0 Å². The SMILES string of the molecule is Nc1c(-c2ccccc2)c(-c2ccco2)nn1-c1ccccc1. The minimum absolute atomic E-state index is 0.591. The quantitative estimate of drug-likeness (QED) is 0.611. The number of nitrogens with zero attached hydrogens (tertiary/aromatic N) is 2. The van der Waals surface area contributed by atoms with Crippen LogP contribution in [0.4, 0.5) is 5.82 Å². The van der Waals surface area contributed by atoms with Crippen LogP contribution >= 0.6 is 0 Å². The van der Waals surface area contributed by atoms with Crippen molar-refractivity contribution in [2.45, 2.75) is 0 Å². The van der Waals surface area contributed by atoms with Gasteiger partial charge in [0.15, 0.2) is 5.76 Å². The Kier molecular flexibility index (Phi) is 3.20. The second-order valence-corrected chi connectivity index (χ2v) is 5.20. The predicted octanol–water partition coefficient (Wildman–Crippen LogP) is 4.38. The Morgan fingerprint density at radius 1 is 0.826 bits per heavy atom. The maximum atomic E-state index is 6.43. The van der Waals surface area contributed by atoms with Gasteiger partial charge in [-0.25, -0.2) is 4.68 Å². The summed E-state index contributed by atoms with van der Waals surface area (Å²) in [6.07, 6.45) is 1.64. The molecular formula is C19H15N3O. The van der Waals surface area contributed by atoms with Crippen LogP contribution < -0.4 is 5.73 Å². The molecule has 2 N–H and O–H groups in total. The molecule has 2 heterocycles. The summed E-state index contributed by atoms with van der Waals surface area (Å²) in [6, 6.07) is 23.6. The second kappa shape index (κ2) is 5.50. The molecule has 4 aromatic rings. The van der Waals surface area contributed by atoms with Crippen LogP contribution in [0.2, 0.25) is 0 Å². The van der Waals surface area contributed by atoms with Crippen molar-refractivity contribution in [1.29, 1.82) is 0 Å². The summed E-state index contributed by atoms with van der Waals surface area (Å²) in [5, 5.41) is 4.70. The van der Waals surface area contributed by atoms with Crippen LogP contribution in [0.1, 0.15) is 0 Å². The lowest BCUT2D eigenvalue weighted by Gasteiger charge is -2.05. The highest BCUT2D eigenvalue weighted by atomic mass is 16.3. The molecule has 0 saturated heterocycles. The summed E-state index contributed by atoms with van der Waals surface area (Å²) in [5.74, 6) is 1.29. The Morgan fingerprint density at radius 2 is 1.52 bits per heavy atom. The monoisotopic (exact) mass is 301 g/mol. The topological polar surface area (TPSA) is 57.0 Å². The molecule has 0 amide bonds. The molecule has 0 unspecified atom stereocenters. The number of hydrogen-bond acceptors (Lipinski definition) is 3. The van der Waals surface area contributed by atoms with Gasteiger partial charge in [0, 0.05) is 0 Å². The lowest BCUT2D eigenvalue weighted by Crippen LogP contribution is -2.01. The van der Waals surface area contributed by atoms with Crippen LogP contribution in [0.25, 0.3) is 28.3 Å². The fourth-order valence-corrected chi connectivity index (χ4v) is 2.67. The van der Waals surface area contributed by atoms with Crippen molar-refractivity contribution in [1.82, 2.24) is 9.78 Å². The van der Waals surface area contributed by atoms with Crippen LogP contribution in [0.15, 0.2) is 83.5 Å². The van der Waals surface area contributed by atoms with Gasteiger partial charge in [0.25, 0.3) is 0 Å². The third-order valence-electron chi connectivity index (χ3n) is 3.74. The van der Waals surface area contributed by atoms with Crippen molar-refractivity contribution in [2.24, 2.45) is 0 Å². The largest absolute Gasteiger partial charge is 0.463 e. The van der Waals surface area contributed by atoms with Crippen LogP contribution in [-0.2, 0) is 0 Å². The number of rotatable bonds is 3. The molecule has 0 aliphatic carbocycles. The van der Waals surface area contributed by atoms with E-state index < -0.39 is 0 Å². The lowest BCUT2D eigenvalue weighted by atomic mass is 10.0. The first-order valence-electron chi connectivity index (χ1n) is 7.38. The molecule has 2 aromatic heterocycles. The van der Waals surface area contributed by atoms with E-state index in [0.29, 0.717) is 11.6 Å². The first kappa shape index (κ1) is 13.4. The molecule has 4 heteroatoms. The number of hydrogen-bond donors (Lipinski definition) is 1. The van der Waals surface area contributed by atoms with Gasteiger partial charge in [-0.05, 0) is 29.8 Å². The summed E-state index contributed by atoms with van der Waals surface area (Å²) in [4.78, 5) is 0. The Morgan fingerprint density at radius 3 is 2.17 bits per heavy atom. The molecule has 0 aliphatic heterocycles. The van der Waals surface area contributed by atoms with Gasteiger partial charge in [-0.15, -0.1) is 0 Å². The molecular weight excluding hydrogens is 286 g/mol. The summed E-state index contributed by atoms with van der Waals surface area (Å²) in [5.41, 5.74) is 9.98. The molecule has 0 saturated carbocycles. The van der Waals surface area contributed by atoms with E-state index in [-0.39, 0.29) is 0 Å². The van der Waals surface area contributed by atoms with Gasteiger partial charge in [-0.2, -0.15) is 5.10 Å². The lowest BCUT2D eigenvalue weighted by molar-refractivity contribution is 0.579. The molecule has 0 fully saturated rings. The number of anilines is 1. The first-order chi connectivity index (χ1) is 11.3. The van der Waals surface area contributed by atoms with Crippen LogP contribution in [-0.4, -0.2) is 9.78 Å². The van der Waals surface area contributed by atoms with Crippen LogP contribution in [0.5, 0.6) is 0 Å².